The fraction of sp³-hybridized carbons (Fsp3) is 0.0370. The fourth-order valence-corrected chi connectivity index (χ4v) is 8.76. The second-order valence-electron chi connectivity index (χ2n) is 14.8. The van der Waals surface area contributed by atoms with Crippen LogP contribution in [0.1, 0.15) is 18.4 Å². The van der Waals surface area contributed by atoms with Gasteiger partial charge in [-0.3, -0.25) is 0 Å². The number of furan rings is 1. The zero-order valence-electron chi connectivity index (χ0n) is 31.3. The van der Waals surface area contributed by atoms with E-state index in [1.165, 1.54) is 65.8 Å². The summed E-state index contributed by atoms with van der Waals surface area (Å²) in [6.45, 7) is 0. The minimum absolute atomic E-state index is 0.946. The molecule has 1 aliphatic carbocycles. The number of rotatable bonds is 7. The molecule has 0 saturated heterocycles. The molecule has 57 heavy (non-hydrogen) atoms. The Morgan fingerprint density at radius 3 is 1.58 bits per heavy atom. The van der Waals surface area contributed by atoms with Gasteiger partial charge in [0.05, 0.1) is 11.0 Å². The molecule has 0 bridgehead atoms. The van der Waals surface area contributed by atoms with Gasteiger partial charge in [-0.25, -0.2) is 0 Å². The van der Waals surface area contributed by atoms with Crippen LogP contribution in [0.4, 0.5) is 17.1 Å². The molecule has 8 aromatic carbocycles. The summed E-state index contributed by atoms with van der Waals surface area (Å²) in [6, 6.07) is 72.1. The standard InChI is InChI=1S/C54H38N2O/c1-2-12-37(13-3-1)38-24-30-42(31-25-38)55(44-34-28-40(29-35-44)46-19-11-20-50-49-18-6-9-23-53(49)57-54(46)50)43-32-26-39(27-33-43)41-14-10-15-45(36-41)56-51-21-7-4-16-47(51)48-17-5-8-22-52(48)56/h1-10,12-18,20-36H,11,19H2. The quantitative estimate of drug-likeness (QED) is 0.163. The lowest BCUT2D eigenvalue weighted by Gasteiger charge is -2.26. The van der Waals surface area contributed by atoms with E-state index < -0.39 is 0 Å². The first kappa shape index (κ1) is 33.0. The van der Waals surface area contributed by atoms with Crippen LogP contribution in [0, 0.1) is 0 Å². The first-order chi connectivity index (χ1) is 28.3. The maximum Gasteiger partial charge on any atom is 0.138 e. The van der Waals surface area contributed by atoms with Crippen molar-refractivity contribution < 1.29 is 4.42 Å². The van der Waals surface area contributed by atoms with Gasteiger partial charge in [-0.2, -0.15) is 0 Å². The molecule has 10 aromatic rings. The lowest BCUT2D eigenvalue weighted by Crippen LogP contribution is -2.26. The Hall–Kier alpha value is -7.36. The molecule has 0 atom stereocenters. The number of hydrogen-bond donors (Lipinski definition) is 0. The summed E-state index contributed by atoms with van der Waals surface area (Å²) in [5, 5.41) is 4.94. The summed E-state index contributed by atoms with van der Waals surface area (Å²) in [6.07, 6.45) is 4.28. The second kappa shape index (κ2) is 13.7. The average Bonchev–Trinajstić information content (AvgIpc) is 3.84. The van der Waals surface area contributed by atoms with Crippen molar-refractivity contribution in [2.75, 3.05) is 4.90 Å². The molecule has 0 fully saturated rings. The second-order valence-corrected chi connectivity index (χ2v) is 14.8. The van der Waals surface area contributed by atoms with Crippen molar-refractivity contribution in [3.8, 4) is 27.9 Å². The first-order valence-corrected chi connectivity index (χ1v) is 19.7. The first-order valence-electron chi connectivity index (χ1n) is 19.7. The predicted molar refractivity (Wildman–Crippen MR) is 238 cm³/mol. The van der Waals surface area contributed by atoms with Gasteiger partial charge in [0.25, 0.3) is 0 Å². The van der Waals surface area contributed by atoms with E-state index in [2.05, 4.69) is 210 Å². The van der Waals surface area contributed by atoms with Crippen LogP contribution < -0.4 is 15.5 Å². The third-order valence-electron chi connectivity index (χ3n) is 11.5. The molecule has 0 spiro atoms. The van der Waals surface area contributed by atoms with Crippen LogP contribution in [-0.4, -0.2) is 4.57 Å². The van der Waals surface area contributed by atoms with E-state index in [9.17, 15) is 0 Å². The monoisotopic (exact) mass is 730 g/mol. The van der Waals surface area contributed by atoms with Crippen LogP contribution in [0.3, 0.4) is 0 Å². The van der Waals surface area contributed by atoms with Crippen LogP contribution >= 0.6 is 0 Å². The Balaban J connectivity index is 0.977. The molecule has 1 aliphatic rings. The van der Waals surface area contributed by atoms with Crippen molar-refractivity contribution in [1.29, 1.82) is 0 Å². The Labute approximate surface area is 331 Å². The summed E-state index contributed by atoms with van der Waals surface area (Å²) < 4.78 is 8.84. The van der Waals surface area contributed by atoms with E-state index in [0.29, 0.717) is 0 Å². The Morgan fingerprint density at radius 1 is 0.421 bits per heavy atom. The van der Waals surface area contributed by atoms with Gasteiger partial charge in [0, 0.05) is 49.7 Å². The molecule has 3 heteroatoms. The number of nitrogens with zero attached hydrogens (tertiary/aromatic N) is 2. The Kier molecular flexibility index (Phi) is 7.96. The van der Waals surface area contributed by atoms with Gasteiger partial charge in [-0.05, 0) is 107 Å². The van der Waals surface area contributed by atoms with E-state index in [-0.39, 0.29) is 0 Å². The SMILES string of the molecule is C1=c2c(oc3ccccc23)=C(c2ccc(N(c3ccc(-c4ccccc4)cc3)c3ccc(-c4cccc(-n5c6ccccc6c6ccccc65)c4)cc3)cc2)CC1. The molecule has 270 valence electrons. The minimum atomic E-state index is 0.946. The van der Waals surface area contributed by atoms with Crippen LogP contribution in [-0.2, 0) is 0 Å². The lowest BCUT2D eigenvalue weighted by atomic mass is 9.96. The lowest BCUT2D eigenvalue weighted by molar-refractivity contribution is 0.568. The number of benzene rings is 8. The average molecular weight is 731 g/mol. The normalized spacial score (nSPS) is 12.5. The minimum Gasteiger partial charge on any atom is -0.456 e. The topological polar surface area (TPSA) is 21.3 Å². The molecule has 0 amide bonds. The highest BCUT2D eigenvalue weighted by atomic mass is 16.3. The van der Waals surface area contributed by atoms with Crippen molar-refractivity contribution >= 4 is 61.5 Å². The molecule has 3 nitrogen and oxygen atoms in total. The molecule has 0 N–H and O–H groups in total. The molecule has 11 rings (SSSR count). The van der Waals surface area contributed by atoms with E-state index in [0.717, 1.165) is 46.6 Å². The number of hydrogen-bond acceptors (Lipinski definition) is 2. The molecule has 2 heterocycles. The highest BCUT2D eigenvalue weighted by Crippen LogP contribution is 2.38. The highest BCUT2D eigenvalue weighted by molar-refractivity contribution is 6.09. The zero-order valence-corrected chi connectivity index (χ0v) is 31.3. The van der Waals surface area contributed by atoms with E-state index >= 15 is 0 Å². The van der Waals surface area contributed by atoms with Crippen molar-refractivity contribution in [1.82, 2.24) is 4.57 Å². The summed E-state index contributed by atoms with van der Waals surface area (Å²) in [7, 11) is 0. The zero-order chi connectivity index (χ0) is 37.7. The van der Waals surface area contributed by atoms with Crippen molar-refractivity contribution in [3.63, 3.8) is 0 Å². The molecule has 2 aromatic heterocycles. The fourth-order valence-electron chi connectivity index (χ4n) is 8.76. The van der Waals surface area contributed by atoms with E-state index in [4.69, 9.17) is 4.42 Å². The summed E-state index contributed by atoms with van der Waals surface area (Å²) in [4.78, 5) is 2.35. The van der Waals surface area contributed by atoms with E-state index in [1.807, 2.05) is 6.07 Å². The molecule has 0 aliphatic heterocycles. The van der Waals surface area contributed by atoms with Gasteiger partial charge in [0.2, 0.25) is 0 Å². The Bertz CT molecular complexity index is 3150. The van der Waals surface area contributed by atoms with Crippen molar-refractivity contribution in [3.05, 3.63) is 216 Å². The summed E-state index contributed by atoms with van der Waals surface area (Å²) >= 11 is 0. The maximum atomic E-state index is 6.46. The van der Waals surface area contributed by atoms with Gasteiger partial charge in [-0.1, -0.05) is 140 Å². The number of anilines is 3. The molecular weight excluding hydrogens is 693 g/mol. The molecule has 0 saturated carbocycles. The summed E-state index contributed by atoms with van der Waals surface area (Å²) in [5.41, 5.74) is 16.0. The van der Waals surface area contributed by atoms with Crippen LogP contribution in [0.5, 0.6) is 0 Å². The number of para-hydroxylation sites is 3. The smallest absolute Gasteiger partial charge is 0.138 e. The maximum absolute atomic E-state index is 6.46. The van der Waals surface area contributed by atoms with Crippen LogP contribution in [0.25, 0.3) is 72.4 Å². The largest absolute Gasteiger partial charge is 0.456 e. The number of fused-ring (bicyclic) bond motifs is 6. The van der Waals surface area contributed by atoms with Gasteiger partial charge < -0.3 is 13.9 Å². The third kappa shape index (κ3) is 5.75. The molecular formula is C54H38N2O. The van der Waals surface area contributed by atoms with Crippen molar-refractivity contribution in [2.45, 2.75) is 12.8 Å². The third-order valence-corrected chi connectivity index (χ3v) is 11.5. The van der Waals surface area contributed by atoms with Gasteiger partial charge >= 0.3 is 0 Å². The highest BCUT2D eigenvalue weighted by Gasteiger charge is 2.17. The number of aromatic nitrogens is 1. The van der Waals surface area contributed by atoms with Gasteiger partial charge in [0.15, 0.2) is 0 Å². The van der Waals surface area contributed by atoms with E-state index in [1.54, 1.807) is 0 Å². The summed E-state index contributed by atoms with van der Waals surface area (Å²) in [5.74, 6) is 0. The van der Waals surface area contributed by atoms with Gasteiger partial charge in [0.1, 0.15) is 11.0 Å². The van der Waals surface area contributed by atoms with Crippen LogP contribution in [0.15, 0.2) is 205 Å². The predicted octanol–water partition coefficient (Wildman–Crippen LogP) is 13.1. The van der Waals surface area contributed by atoms with Gasteiger partial charge in [-0.15, -0.1) is 0 Å². The molecule has 0 unspecified atom stereocenters. The Morgan fingerprint density at radius 2 is 0.930 bits per heavy atom. The van der Waals surface area contributed by atoms with Crippen LogP contribution in [0.2, 0.25) is 0 Å². The van der Waals surface area contributed by atoms with Crippen molar-refractivity contribution in [2.24, 2.45) is 0 Å². The molecule has 0 radical (unpaired) electrons.